The van der Waals surface area contributed by atoms with Gasteiger partial charge in [-0.1, -0.05) is 52.0 Å². The van der Waals surface area contributed by atoms with Crippen LogP contribution in [0, 0.1) is 0 Å². The minimum absolute atomic E-state index is 0.347. The summed E-state index contributed by atoms with van der Waals surface area (Å²) >= 11 is 18.1. The molecule has 0 amide bonds. The van der Waals surface area contributed by atoms with Crippen molar-refractivity contribution in [3.63, 3.8) is 0 Å². The minimum atomic E-state index is 0.347. The Morgan fingerprint density at radius 3 is 2.74 bits per heavy atom. The van der Waals surface area contributed by atoms with Crippen LogP contribution in [0.3, 0.4) is 0 Å². The van der Waals surface area contributed by atoms with Gasteiger partial charge < -0.3 is 10.1 Å². The van der Waals surface area contributed by atoms with Crippen LogP contribution < -0.4 is 10.1 Å². The number of benzene rings is 2. The summed E-state index contributed by atoms with van der Waals surface area (Å²) in [6, 6.07) is 10.8. The van der Waals surface area contributed by atoms with Gasteiger partial charge in [-0.15, -0.1) is 6.58 Å². The molecule has 0 fully saturated rings. The first-order valence-corrected chi connectivity index (χ1v) is 9.16. The third-order valence-corrected chi connectivity index (χ3v) is 4.65. The maximum Gasteiger partial charge on any atom is 0.243 e. The maximum absolute atomic E-state index is 6.14. The summed E-state index contributed by atoms with van der Waals surface area (Å²) in [5.74, 6) is 1.23. The van der Waals surface area contributed by atoms with E-state index in [-0.39, 0.29) is 0 Å². The van der Waals surface area contributed by atoms with Crippen LogP contribution in [0.2, 0.25) is 15.1 Å². The molecule has 9 heteroatoms. The molecule has 0 aliphatic carbocycles. The molecule has 0 atom stereocenters. The first kappa shape index (κ1) is 19.5. The highest BCUT2D eigenvalue weighted by atomic mass is 35.5. The molecule has 1 heterocycles. The van der Waals surface area contributed by atoms with E-state index in [2.05, 4.69) is 27.4 Å². The number of halogens is 3. The zero-order chi connectivity index (χ0) is 19.2. The number of hydrogen-bond donors (Lipinski definition) is 1. The maximum atomic E-state index is 6.14. The van der Waals surface area contributed by atoms with Crippen LogP contribution in [-0.2, 0) is 19.7 Å². The fourth-order valence-corrected chi connectivity index (χ4v) is 2.88. The van der Waals surface area contributed by atoms with Crippen molar-refractivity contribution in [1.82, 2.24) is 20.2 Å². The molecular weight excluding hydrogens is 409 g/mol. The molecule has 0 saturated carbocycles. The highest BCUT2D eigenvalue weighted by Crippen LogP contribution is 2.26. The molecule has 0 spiro atoms. The Bertz CT molecular complexity index is 944. The van der Waals surface area contributed by atoms with Crippen LogP contribution >= 0.6 is 34.8 Å². The molecule has 0 aliphatic heterocycles. The summed E-state index contributed by atoms with van der Waals surface area (Å²) in [4.78, 5) is 0. The molecule has 0 radical (unpaired) electrons. The summed E-state index contributed by atoms with van der Waals surface area (Å²) in [6.07, 6.45) is 1.71. The summed E-state index contributed by atoms with van der Waals surface area (Å²) in [7, 11) is 0. The smallest absolute Gasteiger partial charge is 0.243 e. The molecule has 140 valence electrons. The fraction of sp³-hybridized carbons (Fsp3) is 0.167. The largest absolute Gasteiger partial charge is 0.489 e. The Morgan fingerprint density at radius 2 is 1.96 bits per heavy atom. The predicted octanol–water partition coefficient (Wildman–Crippen LogP) is 5.01. The first-order chi connectivity index (χ1) is 13.1. The standard InChI is InChI=1S/C18H16Cl3N5O/c1-2-7-26-18(23-24-25-26)22-10-13-9-14(19)4-6-17(13)27-11-12-3-5-15(20)16(21)8-12/h2-6,8-9H,1,7,10-11H2,(H,22,23,25). The number of hydrogen-bond acceptors (Lipinski definition) is 5. The van der Waals surface area contributed by atoms with Crippen LogP contribution in [0.4, 0.5) is 5.95 Å². The molecule has 2 aromatic carbocycles. The Labute approximate surface area is 171 Å². The minimum Gasteiger partial charge on any atom is -0.489 e. The Kier molecular flexibility index (Phi) is 6.55. The van der Waals surface area contributed by atoms with Crippen molar-refractivity contribution >= 4 is 40.8 Å². The van der Waals surface area contributed by atoms with Gasteiger partial charge >= 0.3 is 0 Å². The van der Waals surface area contributed by atoms with Gasteiger partial charge in [-0.2, -0.15) is 0 Å². The number of aromatic nitrogens is 4. The van der Waals surface area contributed by atoms with E-state index in [1.54, 1.807) is 29.0 Å². The highest BCUT2D eigenvalue weighted by Gasteiger charge is 2.09. The quantitative estimate of drug-likeness (QED) is 0.515. The number of allylic oxidation sites excluding steroid dienone is 1. The summed E-state index contributed by atoms with van der Waals surface area (Å²) in [5.41, 5.74) is 1.78. The molecule has 0 saturated heterocycles. The zero-order valence-corrected chi connectivity index (χ0v) is 16.5. The SMILES string of the molecule is C=CCn1nnnc1NCc1cc(Cl)ccc1OCc1ccc(Cl)c(Cl)c1. The van der Waals surface area contributed by atoms with E-state index in [1.165, 1.54) is 0 Å². The monoisotopic (exact) mass is 423 g/mol. The lowest BCUT2D eigenvalue weighted by Crippen LogP contribution is -2.09. The molecule has 0 bridgehead atoms. The van der Waals surface area contributed by atoms with Crippen LogP contribution in [0.1, 0.15) is 11.1 Å². The lowest BCUT2D eigenvalue weighted by molar-refractivity contribution is 0.303. The summed E-state index contributed by atoms with van der Waals surface area (Å²) < 4.78 is 7.55. The third kappa shape index (κ3) is 5.13. The number of nitrogens with one attached hydrogen (secondary N) is 1. The van der Waals surface area contributed by atoms with E-state index in [0.29, 0.717) is 46.5 Å². The van der Waals surface area contributed by atoms with Crippen LogP contribution in [-0.4, -0.2) is 20.2 Å². The summed E-state index contributed by atoms with van der Waals surface area (Å²) in [5, 5.41) is 16.3. The van der Waals surface area contributed by atoms with Crippen molar-refractivity contribution in [2.24, 2.45) is 0 Å². The second kappa shape index (κ2) is 9.08. The van der Waals surface area contributed by atoms with Crippen molar-refractivity contribution in [3.8, 4) is 5.75 Å². The molecule has 3 aromatic rings. The van der Waals surface area contributed by atoms with Crippen molar-refractivity contribution in [3.05, 3.63) is 75.2 Å². The van der Waals surface area contributed by atoms with Crippen molar-refractivity contribution < 1.29 is 4.74 Å². The number of tetrazole rings is 1. The van der Waals surface area contributed by atoms with Gasteiger partial charge in [-0.3, -0.25) is 0 Å². The van der Waals surface area contributed by atoms with Gasteiger partial charge in [0, 0.05) is 17.1 Å². The second-order valence-corrected chi connectivity index (χ2v) is 6.87. The Hall–Kier alpha value is -2.28. The highest BCUT2D eigenvalue weighted by molar-refractivity contribution is 6.42. The molecule has 6 nitrogen and oxygen atoms in total. The number of anilines is 1. The fourth-order valence-electron chi connectivity index (χ4n) is 2.37. The lowest BCUT2D eigenvalue weighted by Gasteiger charge is -2.13. The second-order valence-electron chi connectivity index (χ2n) is 5.62. The third-order valence-electron chi connectivity index (χ3n) is 3.67. The number of nitrogens with zero attached hydrogens (tertiary/aromatic N) is 4. The van der Waals surface area contributed by atoms with E-state index >= 15 is 0 Å². The van der Waals surface area contributed by atoms with Gasteiger partial charge in [0.05, 0.1) is 16.6 Å². The Balaban J connectivity index is 1.71. The first-order valence-electron chi connectivity index (χ1n) is 8.03. The van der Waals surface area contributed by atoms with E-state index in [1.807, 2.05) is 18.2 Å². The van der Waals surface area contributed by atoms with Gasteiger partial charge in [0.15, 0.2) is 0 Å². The lowest BCUT2D eigenvalue weighted by atomic mass is 10.2. The molecule has 27 heavy (non-hydrogen) atoms. The average molecular weight is 425 g/mol. The van der Waals surface area contributed by atoms with E-state index in [9.17, 15) is 0 Å². The summed E-state index contributed by atoms with van der Waals surface area (Å²) in [6.45, 7) is 4.98. The van der Waals surface area contributed by atoms with Crippen LogP contribution in [0.25, 0.3) is 0 Å². The average Bonchev–Trinajstić information content (AvgIpc) is 3.09. The molecule has 0 aliphatic rings. The van der Waals surface area contributed by atoms with Crippen molar-refractivity contribution in [2.75, 3.05) is 5.32 Å². The van der Waals surface area contributed by atoms with Crippen LogP contribution in [0.15, 0.2) is 49.1 Å². The van der Waals surface area contributed by atoms with Gasteiger partial charge in [-0.05, 0) is 46.3 Å². The Morgan fingerprint density at radius 1 is 1.11 bits per heavy atom. The molecule has 1 aromatic heterocycles. The number of rotatable bonds is 8. The normalized spacial score (nSPS) is 10.6. The van der Waals surface area contributed by atoms with Gasteiger partial charge in [0.25, 0.3) is 0 Å². The van der Waals surface area contributed by atoms with Crippen molar-refractivity contribution in [1.29, 1.82) is 0 Å². The zero-order valence-electron chi connectivity index (χ0n) is 14.2. The predicted molar refractivity (Wildman–Crippen MR) is 108 cm³/mol. The van der Waals surface area contributed by atoms with Gasteiger partial charge in [0.2, 0.25) is 5.95 Å². The van der Waals surface area contributed by atoms with E-state index in [4.69, 9.17) is 39.5 Å². The molecule has 0 unspecified atom stereocenters. The molecule has 1 N–H and O–H groups in total. The van der Waals surface area contributed by atoms with E-state index < -0.39 is 0 Å². The van der Waals surface area contributed by atoms with Crippen LogP contribution in [0.5, 0.6) is 5.75 Å². The van der Waals surface area contributed by atoms with Gasteiger partial charge in [-0.25, -0.2) is 4.68 Å². The van der Waals surface area contributed by atoms with Crippen molar-refractivity contribution in [2.45, 2.75) is 19.7 Å². The molecule has 3 rings (SSSR count). The molecular formula is C18H16Cl3N5O. The topological polar surface area (TPSA) is 64.9 Å². The van der Waals surface area contributed by atoms with Gasteiger partial charge in [0.1, 0.15) is 12.4 Å². The van der Waals surface area contributed by atoms with E-state index in [0.717, 1.165) is 11.1 Å². The number of ether oxygens (including phenoxy) is 1.